The van der Waals surface area contributed by atoms with Crippen molar-refractivity contribution in [2.75, 3.05) is 11.9 Å². The zero-order chi connectivity index (χ0) is 16.4. The number of carbonyl (C=O) groups is 1. The number of carbonyl (C=O) groups excluding carboxylic acids is 1. The molecule has 3 nitrogen and oxygen atoms in total. The molecule has 3 rings (SSSR count). The Balaban J connectivity index is 1.72. The third kappa shape index (κ3) is 3.60. The van der Waals surface area contributed by atoms with Gasteiger partial charge in [-0.1, -0.05) is 24.1 Å². The number of quaternary nitrogens is 1. The number of hydrogen-bond donors (Lipinski definition) is 2. The van der Waals surface area contributed by atoms with Gasteiger partial charge in [0, 0.05) is 18.5 Å². The molecular weight excluding hydrogens is 284 g/mol. The number of aryl methyl sites for hydroxylation is 3. The number of amides is 1. The summed E-state index contributed by atoms with van der Waals surface area (Å²) < 4.78 is 0. The van der Waals surface area contributed by atoms with Gasteiger partial charge in [0.2, 0.25) is 0 Å². The average Bonchev–Trinajstić information content (AvgIpc) is 3.01. The van der Waals surface area contributed by atoms with Crippen LogP contribution in [0.1, 0.15) is 61.6 Å². The second-order valence-corrected chi connectivity index (χ2v) is 7.62. The Labute approximate surface area is 140 Å². The van der Waals surface area contributed by atoms with Crippen molar-refractivity contribution in [2.24, 2.45) is 0 Å². The van der Waals surface area contributed by atoms with Crippen LogP contribution in [0.15, 0.2) is 12.1 Å². The fourth-order valence-electron chi connectivity index (χ4n) is 4.72. The molecule has 3 heteroatoms. The van der Waals surface area contributed by atoms with Crippen molar-refractivity contribution in [3.8, 4) is 0 Å². The number of likely N-dealkylation sites (tertiary alicyclic amines) is 1. The lowest BCUT2D eigenvalue weighted by atomic mass is 9.93. The van der Waals surface area contributed by atoms with Crippen LogP contribution in [-0.2, 0) is 4.79 Å². The second-order valence-electron chi connectivity index (χ2n) is 7.62. The first kappa shape index (κ1) is 16.5. The van der Waals surface area contributed by atoms with E-state index in [1.807, 2.05) is 0 Å². The standard InChI is InChI=1S/C20H30N2O/c1-14-12-15(2)19(16(3)13-14)21-20(23)18-10-7-11-22(18)17-8-5-4-6-9-17/h12-13,17-18H,4-11H2,1-3H3,(H,21,23)/p+1. The van der Waals surface area contributed by atoms with Crippen molar-refractivity contribution in [1.82, 2.24) is 0 Å². The highest BCUT2D eigenvalue weighted by atomic mass is 16.2. The molecule has 1 amide bonds. The number of benzene rings is 1. The summed E-state index contributed by atoms with van der Waals surface area (Å²) in [6.07, 6.45) is 8.92. The highest BCUT2D eigenvalue weighted by Gasteiger charge is 2.39. The van der Waals surface area contributed by atoms with Crippen molar-refractivity contribution >= 4 is 11.6 Å². The molecule has 1 saturated heterocycles. The first-order chi connectivity index (χ1) is 11.1. The molecule has 1 aromatic carbocycles. The van der Waals surface area contributed by atoms with E-state index in [-0.39, 0.29) is 11.9 Å². The predicted molar refractivity (Wildman–Crippen MR) is 95.0 cm³/mol. The SMILES string of the molecule is Cc1cc(C)c(NC(=O)C2CCC[NH+]2C2CCCCC2)c(C)c1. The van der Waals surface area contributed by atoms with Crippen LogP contribution < -0.4 is 10.2 Å². The molecule has 1 heterocycles. The van der Waals surface area contributed by atoms with E-state index in [0.717, 1.165) is 12.1 Å². The van der Waals surface area contributed by atoms with E-state index in [9.17, 15) is 4.79 Å². The molecule has 2 N–H and O–H groups in total. The molecule has 1 aromatic rings. The zero-order valence-electron chi connectivity index (χ0n) is 14.9. The topological polar surface area (TPSA) is 33.5 Å². The molecule has 2 fully saturated rings. The zero-order valence-corrected chi connectivity index (χ0v) is 14.9. The largest absolute Gasteiger partial charge is 0.322 e. The Bertz CT molecular complexity index is 552. The minimum absolute atomic E-state index is 0.151. The minimum atomic E-state index is 0.151. The normalized spacial score (nSPS) is 25.5. The molecule has 126 valence electrons. The van der Waals surface area contributed by atoms with Crippen molar-refractivity contribution < 1.29 is 9.69 Å². The number of hydrogen-bond acceptors (Lipinski definition) is 1. The Morgan fingerprint density at radius 2 is 1.65 bits per heavy atom. The maximum absolute atomic E-state index is 12.9. The van der Waals surface area contributed by atoms with Crippen LogP contribution in [0.3, 0.4) is 0 Å². The summed E-state index contributed by atoms with van der Waals surface area (Å²) in [6, 6.07) is 5.17. The van der Waals surface area contributed by atoms with Crippen LogP contribution in [0.2, 0.25) is 0 Å². The summed E-state index contributed by atoms with van der Waals surface area (Å²) in [5.74, 6) is 0.234. The van der Waals surface area contributed by atoms with E-state index in [2.05, 4.69) is 38.2 Å². The van der Waals surface area contributed by atoms with Gasteiger partial charge in [0.05, 0.1) is 12.6 Å². The minimum Gasteiger partial charge on any atom is -0.322 e. The fraction of sp³-hybridized carbons (Fsp3) is 0.650. The van der Waals surface area contributed by atoms with Crippen molar-refractivity contribution in [2.45, 2.75) is 77.8 Å². The number of rotatable bonds is 3. The summed E-state index contributed by atoms with van der Waals surface area (Å²) in [4.78, 5) is 14.5. The van der Waals surface area contributed by atoms with Crippen LogP contribution in [0, 0.1) is 20.8 Å². The quantitative estimate of drug-likeness (QED) is 0.883. The summed E-state index contributed by atoms with van der Waals surface area (Å²) in [6.45, 7) is 7.47. The van der Waals surface area contributed by atoms with E-state index < -0.39 is 0 Å². The van der Waals surface area contributed by atoms with Gasteiger partial charge in [0.15, 0.2) is 6.04 Å². The van der Waals surface area contributed by atoms with Crippen LogP contribution in [0.25, 0.3) is 0 Å². The lowest BCUT2D eigenvalue weighted by Gasteiger charge is -2.32. The van der Waals surface area contributed by atoms with Gasteiger partial charge in [0.1, 0.15) is 0 Å². The van der Waals surface area contributed by atoms with E-state index >= 15 is 0 Å². The van der Waals surface area contributed by atoms with Crippen LogP contribution in [0.4, 0.5) is 5.69 Å². The van der Waals surface area contributed by atoms with Crippen LogP contribution in [-0.4, -0.2) is 24.5 Å². The summed E-state index contributed by atoms with van der Waals surface area (Å²) in [5.41, 5.74) is 4.63. The second kappa shape index (κ2) is 7.04. The Kier molecular flexibility index (Phi) is 5.05. The van der Waals surface area contributed by atoms with Gasteiger partial charge in [-0.2, -0.15) is 0 Å². The maximum atomic E-state index is 12.9. The lowest BCUT2D eigenvalue weighted by molar-refractivity contribution is -0.929. The number of nitrogens with one attached hydrogen (secondary N) is 2. The molecule has 0 bridgehead atoms. The van der Waals surface area contributed by atoms with Crippen molar-refractivity contribution in [3.05, 3.63) is 28.8 Å². The average molecular weight is 315 g/mol. The first-order valence-electron chi connectivity index (χ1n) is 9.30. The van der Waals surface area contributed by atoms with Gasteiger partial charge >= 0.3 is 0 Å². The van der Waals surface area contributed by atoms with Crippen molar-refractivity contribution in [3.63, 3.8) is 0 Å². The molecule has 1 aliphatic carbocycles. The molecule has 2 aliphatic rings. The smallest absolute Gasteiger partial charge is 0.282 e. The van der Waals surface area contributed by atoms with E-state index in [4.69, 9.17) is 0 Å². The van der Waals surface area contributed by atoms with Crippen LogP contribution >= 0.6 is 0 Å². The summed E-state index contributed by atoms with van der Waals surface area (Å²) in [5, 5.41) is 3.26. The highest BCUT2D eigenvalue weighted by molar-refractivity contribution is 5.95. The third-order valence-electron chi connectivity index (χ3n) is 5.78. The molecule has 0 radical (unpaired) electrons. The molecule has 1 saturated carbocycles. The van der Waals surface area contributed by atoms with E-state index in [1.165, 1.54) is 61.8 Å². The number of anilines is 1. The van der Waals surface area contributed by atoms with E-state index in [1.54, 1.807) is 4.90 Å². The third-order valence-corrected chi connectivity index (χ3v) is 5.78. The Morgan fingerprint density at radius 1 is 1.00 bits per heavy atom. The fourth-order valence-corrected chi connectivity index (χ4v) is 4.72. The van der Waals surface area contributed by atoms with Crippen LogP contribution in [0.5, 0.6) is 0 Å². The van der Waals surface area contributed by atoms with E-state index in [0.29, 0.717) is 6.04 Å². The first-order valence-corrected chi connectivity index (χ1v) is 9.30. The van der Waals surface area contributed by atoms with Gasteiger partial charge in [-0.25, -0.2) is 0 Å². The highest BCUT2D eigenvalue weighted by Crippen LogP contribution is 2.23. The van der Waals surface area contributed by atoms with Gasteiger partial charge < -0.3 is 10.2 Å². The molecule has 0 aromatic heterocycles. The molecule has 0 spiro atoms. The summed E-state index contributed by atoms with van der Waals surface area (Å²) >= 11 is 0. The summed E-state index contributed by atoms with van der Waals surface area (Å²) in [7, 11) is 0. The Hall–Kier alpha value is -1.35. The molecular formula is C20H31N2O+. The maximum Gasteiger partial charge on any atom is 0.282 e. The predicted octanol–water partition coefficient (Wildman–Crippen LogP) is 2.93. The molecule has 1 aliphatic heterocycles. The lowest BCUT2D eigenvalue weighted by Crippen LogP contribution is -3.18. The van der Waals surface area contributed by atoms with Gasteiger partial charge in [0.25, 0.3) is 5.91 Å². The van der Waals surface area contributed by atoms with Gasteiger partial charge in [-0.3, -0.25) is 4.79 Å². The molecule has 2 atom stereocenters. The molecule has 2 unspecified atom stereocenters. The molecule has 23 heavy (non-hydrogen) atoms. The van der Waals surface area contributed by atoms with Crippen molar-refractivity contribution in [1.29, 1.82) is 0 Å². The Morgan fingerprint density at radius 3 is 2.30 bits per heavy atom. The van der Waals surface area contributed by atoms with Gasteiger partial charge in [-0.05, 0) is 57.6 Å². The van der Waals surface area contributed by atoms with Gasteiger partial charge in [-0.15, -0.1) is 0 Å². The monoisotopic (exact) mass is 315 g/mol.